The first-order valence-corrected chi connectivity index (χ1v) is 6.98. The van der Waals surface area contributed by atoms with Crippen molar-refractivity contribution in [3.8, 4) is 6.07 Å². The van der Waals surface area contributed by atoms with E-state index in [-0.39, 0.29) is 16.6 Å². The number of hydrogen-bond donors (Lipinski definition) is 1. The third-order valence-electron chi connectivity index (χ3n) is 2.84. The molecule has 1 N–H and O–H groups in total. The molecule has 5 nitrogen and oxygen atoms in total. The van der Waals surface area contributed by atoms with Crippen molar-refractivity contribution >= 4 is 10.0 Å². The predicted molar refractivity (Wildman–Crippen MR) is 61.5 cm³/mol. The van der Waals surface area contributed by atoms with Crippen LogP contribution < -0.4 is 4.72 Å². The fraction of sp³-hybridized carbons (Fsp3) is 0.455. The summed E-state index contributed by atoms with van der Waals surface area (Å²) in [5.41, 5.74) is 0.213. The minimum atomic E-state index is -3.49. The summed E-state index contributed by atoms with van der Waals surface area (Å²) in [5, 5.41) is 8.58. The molecule has 1 saturated carbocycles. The molecule has 0 bridgehead atoms. The lowest BCUT2D eigenvalue weighted by Gasteiger charge is -2.11. The van der Waals surface area contributed by atoms with Crippen molar-refractivity contribution in [2.75, 3.05) is 0 Å². The molecule has 1 aromatic rings. The lowest BCUT2D eigenvalue weighted by atomic mass is 10.3. The van der Waals surface area contributed by atoms with Crippen LogP contribution in [0.3, 0.4) is 0 Å². The number of hydrogen-bond acceptors (Lipinski definition) is 4. The first-order valence-electron chi connectivity index (χ1n) is 5.50. The largest absolute Gasteiger partial charge is 0.244 e. The maximum atomic E-state index is 12.0. The van der Waals surface area contributed by atoms with Gasteiger partial charge in [-0.25, -0.2) is 18.1 Å². The maximum Gasteiger partial charge on any atom is 0.242 e. The second-order valence-corrected chi connectivity index (χ2v) is 5.81. The van der Waals surface area contributed by atoms with E-state index in [1.165, 1.54) is 18.3 Å². The van der Waals surface area contributed by atoms with E-state index in [0.29, 0.717) is 0 Å². The van der Waals surface area contributed by atoms with E-state index in [1.54, 1.807) is 0 Å². The van der Waals surface area contributed by atoms with Gasteiger partial charge in [-0.05, 0) is 25.0 Å². The molecular weight excluding hydrogens is 238 g/mol. The summed E-state index contributed by atoms with van der Waals surface area (Å²) in [6, 6.07) is 4.70. The van der Waals surface area contributed by atoms with Crippen LogP contribution in [-0.4, -0.2) is 19.4 Å². The molecule has 17 heavy (non-hydrogen) atoms. The average molecular weight is 251 g/mol. The van der Waals surface area contributed by atoms with Gasteiger partial charge < -0.3 is 0 Å². The summed E-state index contributed by atoms with van der Waals surface area (Å²) in [4.78, 5) is 3.87. The van der Waals surface area contributed by atoms with E-state index in [9.17, 15) is 8.42 Å². The van der Waals surface area contributed by atoms with E-state index in [4.69, 9.17) is 5.26 Å². The smallest absolute Gasteiger partial charge is 0.242 e. The van der Waals surface area contributed by atoms with Gasteiger partial charge in [0, 0.05) is 12.2 Å². The molecule has 0 aromatic carbocycles. The second kappa shape index (κ2) is 4.82. The Morgan fingerprint density at radius 2 is 2.06 bits per heavy atom. The van der Waals surface area contributed by atoms with Crippen molar-refractivity contribution < 1.29 is 8.42 Å². The van der Waals surface area contributed by atoms with Gasteiger partial charge in [0.1, 0.15) is 16.7 Å². The van der Waals surface area contributed by atoms with Crippen LogP contribution in [0.15, 0.2) is 23.2 Å². The van der Waals surface area contributed by atoms with Crippen LogP contribution >= 0.6 is 0 Å². The molecule has 0 aliphatic heterocycles. The molecule has 2 rings (SSSR count). The average Bonchev–Trinajstić information content (AvgIpc) is 2.81. The molecule has 1 fully saturated rings. The molecule has 1 aromatic heterocycles. The first-order chi connectivity index (χ1) is 8.12. The summed E-state index contributed by atoms with van der Waals surface area (Å²) in [6.45, 7) is 0. The zero-order chi connectivity index (χ0) is 12.3. The predicted octanol–water partition coefficient (Wildman–Crippen LogP) is 1.17. The lowest BCUT2D eigenvalue weighted by Crippen LogP contribution is -2.32. The highest BCUT2D eigenvalue weighted by atomic mass is 32.2. The molecule has 0 saturated heterocycles. The van der Waals surface area contributed by atoms with Gasteiger partial charge in [0.05, 0.1) is 0 Å². The molecule has 0 unspecified atom stereocenters. The Bertz CT molecular complexity index is 525. The van der Waals surface area contributed by atoms with Crippen LogP contribution in [-0.2, 0) is 10.0 Å². The molecule has 0 atom stereocenters. The Balaban J connectivity index is 2.16. The van der Waals surface area contributed by atoms with Crippen molar-refractivity contribution in [3.63, 3.8) is 0 Å². The number of pyridine rings is 1. The third kappa shape index (κ3) is 2.81. The molecule has 1 aliphatic rings. The molecule has 0 radical (unpaired) electrons. The summed E-state index contributed by atoms with van der Waals surface area (Å²) < 4.78 is 26.6. The normalized spacial score (nSPS) is 16.9. The van der Waals surface area contributed by atoms with Crippen molar-refractivity contribution in [2.45, 2.75) is 36.6 Å². The van der Waals surface area contributed by atoms with Gasteiger partial charge >= 0.3 is 0 Å². The highest BCUT2D eigenvalue weighted by Gasteiger charge is 2.22. The van der Waals surface area contributed by atoms with Crippen LogP contribution in [0.25, 0.3) is 0 Å². The van der Waals surface area contributed by atoms with Gasteiger partial charge in [0.15, 0.2) is 0 Å². The number of nitrogens with one attached hydrogen (secondary N) is 1. The van der Waals surface area contributed by atoms with Crippen LogP contribution in [0.2, 0.25) is 0 Å². The maximum absolute atomic E-state index is 12.0. The van der Waals surface area contributed by atoms with Gasteiger partial charge in [-0.15, -0.1) is 0 Å². The van der Waals surface area contributed by atoms with E-state index < -0.39 is 10.0 Å². The molecule has 0 amide bonds. The zero-order valence-corrected chi connectivity index (χ0v) is 10.1. The summed E-state index contributed by atoms with van der Waals surface area (Å²) in [5.74, 6) is 0. The van der Waals surface area contributed by atoms with Crippen LogP contribution in [0.1, 0.15) is 31.4 Å². The lowest BCUT2D eigenvalue weighted by molar-refractivity contribution is 0.552. The molecular formula is C11H13N3O2S. The topological polar surface area (TPSA) is 82.8 Å². The second-order valence-electron chi connectivity index (χ2n) is 4.09. The molecule has 6 heteroatoms. The number of sulfonamides is 1. The fourth-order valence-electron chi connectivity index (χ4n) is 1.94. The highest BCUT2D eigenvalue weighted by Crippen LogP contribution is 2.20. The third-order valence-corrected chi connectivity index (χ3v) is 4.34. The minimum Gasteiger partial charge on any atom is -0.244 e. The number of aromatic nitrogens is 1. The van der Waals surface area contributed by atoms with Crippen LogP contribution in [0, 0.1) is 11.3 Å². The Hall–Kier alpha value is -1.45. The molecule has 1 aliphatic carbocycles. The number of rotatable bonds is 3. The highest BCUT2D eigenvalue weighted by molar-refractivity contribution is 7.89. The zero-order valence-electron chi connectivity index (χ0n) is 9.26. The van der Waals surface area contributed by atoms with E-state index in [0.717, 1.165) is 25.7 Å². The fourth-order valence-corrected chi connectivity index (χ4v) is 3.19. The van der Waals surface area contributed by atoms with Crippen LogP contribution in [0.5, 0.6) is 0 Å². The SMILES string of the molecule is N#Cc1ccc(S(=O)(=O)NC2CCCC2)cn1. The standard InChI is InChI=1S/C11H13N3O2S/c12-7-10-5-6-11(8-13-10)17(15,16)14-9-3-1-2-4-9/h5-6,8-9,14H,1-4H2. The quantitative estimate of drug-likeness (QED) is 0.874. The van der Waals surface area contributed by atoms with Gasteiger partial charge in [-0.3, -0.25) is 0 Å². The van der Waals surface area contributed by atoms with E-state index in [2.05, 4.69) is 9.71 Å². The van der Waals surface area contributed by atoms with E-state index >= 15 is 0 Å². The van der Waals surface area contributed by atoms with Gasteiger partial charge in [0.2, 0.25) is 10.0 Å². The van der Waals surface area contributed by atoms with Crippen molar-refractivity contribution in [1.29, 1.82) is 5.26 Å². The van der Waals surface area contributed by atoms with Gasteiger partial charge in [-0.1, -0.05) is 12.8 Å². The Labute approximate surface area is 101 Å². The number of nitriles is 1. The van der Waals surface area contributed by atoms with Gasteiger partial charge in [0.25, 0.3) is 0 Å². The Kier molecular flexibility index (Phi) is 3.41. The van der Waals surface area contributed by atoms with Crippen molar-refractivity contribution in [1.82, 2.24) is 9.71 Å². The van der Waals surface area contributed by atoms with Crippen molar-refractivity contribution in [2.24, 2.45) is 0 Å². The molecule has 0 spiro atoms. The summed E-state index contributed by atoms with van der Waals surface area (Å²) >= 11 is 0. The van der Waals surface area contributed by atoms with E-state index in [1.807, 2.05) is 6.07 Å². The minimum absolute atomic E-state index is 0.0376. The Morgan fingerprint density at radius 1 is 1.35 bits per heavy atom. The van der Waals surface area contributed by atoms with Crippen LogP contribution in [0.4, 0.5) is 0 Å². The first kappa shape index (κ1) is 12.0. The number of nitrogens with zero attached hydrogens (tertiary/aromatic N) is 2. The van der Waals surface area contributed by atoms with Gasteiger partial charge in [-0.2, -0.15) is 5.26 Å². The summed E-state index contributed by atoms with van der Waals surface area (Å²) in [6.07, 6.45) is 5.14. The molecule has 90 valence electrons. The Morgan fingerprint density at radius 3 is 2.59 bits per heavy atom. The molecule has 1 heterocycles. The summed E-state index contributed by atoms with van der Waals surface area (Å²) in [7, 11) is -3.49. The monoisotopic (exact) mass is 251 g/mol. The van der Waals surface area contributed by atoms with Crippen molar-refractivity contribution in [3.05, 3.63) is 24.0 Å².